The first kappa shape index (κ1) is 22.1. The molecular formula is C9H19Cl3O7P2. The first-order chi connectivity index (χ1) is 9.58. The zero-order valence-electron chi connectivity index (χ0n) is 11.6. The van der Waals surface area contributed by atoms with Crippen LogP contribution in [0.4, 0.5) is 0 Å². The summed E-state index contributed by atoms with van der Waals surface area (Å²) in [6.07, 6.45) is 0. The molecule has 0 saturated carbocycles. The largest absolute Gasteiger partial charge is 0.470 e. The molecule has 7 nitrogen and oxygen atoms in total. The van der Waals surface area contributed by atoms with Crippen molar-refractivity contribution >= 4 is 50.2 Å². The monoisotopic (exact) mass is 406 g/mol. The predicted octanol–water partition coefficient (Wildman–Crippen LogP) is 3.39. The number of phosphoric ester groups is 1. The minimum absolute atomic E-state index is 0.000592. The summed E-state index contributed by atoms with van der Waals surface area (Å²) in [5.74, 6) is -1.20. The maximum Gasteiger partial charge on any atom is 0.470 e. The Labute approximate surface area is 139 Å². The SMILES string of the molecule is CC(C)C(CCl)(OP(=O)(O)O)P(=O)(OCCCl)OCCCl. The van der Waals surface area contributed by atoms with Gasteiger partial charge in [-0.2, -0.15) is 0 Å². The summed E-state index contributed by atoms with van der Waals surface area (Å²) in [6, 6.07) is 0. The second-order valence-corrected chi connectivity index (χ2v) is 8.71. The summed E-state index contributed by atoms with van der Waals surface area (Å²) in [4.78, 5) is 18.2. The third-order valence-corrected chi connectivity index (χ3v) is 6.85. The standard InChI is InChI=1S/C9H19Cl3O7P2/c1-8(2)9(7-12,19-21(14,15)16)20(13,17-5-3-10)18-6-4-11/h8H,3-7H2,1-2H3,(H2,14,15,16). The zero-order valence-corrected chi connectivity index (χ0v) is 15.6. The quantitative estimate of drug-likeness (QED) is 0.400. The Morgan fingerprint density at radius 1 is 1.05 bits per heavy atom. The van der Waals surface area contributed by atoms with E-state index in [2.05, 4.69) is 0 Å². The molecule has 0 aliphatic rings. The molecule has 1 unspecified atom stereocenters. The smallest absolute Gasteiger partial charge is 0.305 e. The van der Waals surface area contributed by atoms with E-state index in [1.807, 2.05) is 0 Å². The van der Waals surface area contributed by atoms with E-state index >= 15 is 0 Å². The number of hydrogen-bond donors (Lipinski definition) is 2. The van der Waals surface area contributed by atoms with E-state index in [-0.39, 0.29) is 25.0 Å². The van der Waals surface area contributed by atoms with Gasteiger partial charge in [0.25, 0.3) is 0 Å². The van der Waals surface area contributed by atoms with Gasteiger partial charge in [0.2, 0.25) is 0 Å². The summed E-state index contributed by atoms with van der Waals surface area (Å²) in [5, 5.41) is -2.02. The fourth-order valence-corrected chi connectivity index (χ4v) is 6.10. The van der Waals surface area contributed by atoms with E-state index in [0.29, 0.717) is 0 Å². The molecule has 0 radical (unpaired) electrons. The highest BCUT2D eigenvalue weighted by molar-refractivity contribution is 7.56. The van der Waals surface area contributed by atoms with Crippen molar-refractivity contribution in [2.45, 2.75) is 19.2 Å². The number of alkyl halides is 3. The van der Waals surface area contributed by atoms with Crippen LogP contribution in [0.5, 0.6) is 0 Å². The van der Waals surface area contributed by atoms with Gasteiger partial charge >= 0.3 is 15.4 Å². The minimum atomic E-state index is -5.00. The summed E-state index contributed by atoms with van der Waals surface area (Å²) in [6.45, 7) is 2.71. The molecule has 2 N–H and O–H groups in total. The molecule has 0 aromatic carbocycles. The van der Waals surface area contributed by atoms with E-state index in [4.69, 9.17) is 58.2 Å². The molecule has 0 rings (SSSR count). The molecule has 0 aromatic heterocycles. The highest BCUT2D eigenvalue weighted by atomic mass is 35.5. The molecular weight excluding hydrogens is 388 g/mol. The Hall–Kier alpha value is 1.13. The second-order valence-electron chi connectivity index (χ2n) is 4.26. The lowest BCUT2D eigenvalue weighted by Gasteiger charge is -2.39. The molecule has 0 saturated heterocycles. The summed E-state index contributed by atoms with van der Waals surface area (Å²) in [5.41, 5.74) is 0. The molecule has 0 bridgehead atoms. The molecule has 0 heterocycles. The van der Waals surface area contributed by atoms with Crippen LogP contribution < -0.4 is 0 Å². The van der Waals surface area contributed by atoms with Crippen LogP contribution in [0.15, 0.2) is 0 Å². The number of hydrogen-bond acceptors (Lipinski definition) is 5. The fourth-order valence-electron chi connectivity index (χ4n) is 1.49. The van der Waals surface area contributed by atoms with Crippen molar-refractivity contribution in [1.82, 2.24) is 0 Å². The Morgan fingerprint density at radius 2 is 1.48 bits per heavy atom. The highest BCUT2D eigenvalue weighted by Gasteiger charge is 2.57. The molecule has 0 amide bonds. The van der Waals surface area contributed by atoms with Crippen LogP contribution in [-0.2, 0) is 22.7 Å². The number of halogens is 3. The van der Waals surface area contributed by atoms with Crippen LogP contribution in [0.25, 0.3) is 0 Å². The third-order valence-electron chi connectivity index (χ3n) is 2.51. The fraction of sp³-hybridized carbons (Fsp3) is 1.00. The lowest BCUT2D eigenvalue weighted by Crippen LogP contribution is -2.41. The van der Waals surface area contributed by atoms with Crippen molar-refractivity contribution in [3.63, 3.8) is 0 Å². The topological polar surface area (TPSA) is 102 Å². The van der Waals surface area contributed by atoms with E-state index in [1.54, 1.807) is 0 Å². The molecule has 12 heteroatoms. The highest BCUT2D eigenvalue weighted by Crippen LogP contribution is 2.67. The predicted molar refractivity (Wildman–Crippen MR) is 82.4 cm³/mol. The molecule has 1 atom stereocenters. The van der Waals surface area contributed by atoms with Gasteiger partial charge in [-0.1, -0.05) is 13.8 Å². The zero-order chi connectivity index (χ0) is 16.7. The van der Waals surface area contributed by atoms with E-state index in [1.165, 1.54) is 13.8 Å². The van der Waals surface area contributed by atoms with Gasteiger partial charge < -0.3 is 18.8 Å². The Bertz CT molecular complexity index is 391. The van der Waals surface area contributed by atoms with Crippen molar-refractivity contribution in [3.8, 4) is 0 Å². The van der Waals surface area contributed by atoms with Crippen molar-refractivity contribution in [2.24, 2.45) is 5.92 Å². The van der Waals surface area contributed by atoms with Crippen LogP contribution in [0.2, 0.25) is 0 Å². The summed E-state index contributed by atoms with van der Waals surface area (Å²) in [7, 11) is -9.16. The van der Waals surface area contributed by atoms with E-state index in [0.717, 1.165) is 0 Å². The van der Waals surface area contributed by atoms with E-state index in [9.17, 15) is 9.13 Å². The van der Waals surface area contributed by atoms with Gasteiger partial charge in [-0.25, -0.2) is 4.57 Å². The van der Waals surface area contributed by atoms with Gasteiger partial charge in [0.05, 0.1) is 19.1 Å². The van der Waals surface area contributed by atoms with Crippen molar-refractivity contribution in [1.29, 1.82) is 0 Å². The van der Waals surface area contributed by atoms with Crippen molar-refractivity contribution in [2.75, 3.05) is 30.9 Å². The maximum absolute atomic E-state index is 13.0. The molecule has 0 aromatic rings. The molecule has 0 fully saturated rings. The molecule has 0 spiro atoms. The molecule has 0 aliphatic heterocycles. The molecule has 128 valence electrons. The average molecular weight is 408 g/mol. The van der Waals surface area contributed by atoms with Gasteiger partial charge in [-0.05, 0) is 5.92 Å². The Balaban J connectivity index is 5.76. The maximum atomic E-state index is 13.0. The van der Waals surface area contributed by atoms with E-state index < -0.39 is 32.6 Å². The number of rotatable bonds is 11. The van der Waals surface area contributed by atoms with Gasteiger partial charge in [0, 0.05) is 11.8 Å². The molecule has 0 aliphatic carbocycles. The van der Waals surface area contributed by atoms with Gasteiger partial charge in [0.15, 0.2) is 5.34 Å². The lowest BCUT2D eigenvalue weighted by molar-refractivity contribution is 0.0419. The van der Waals surface area contributed by atoms with Crippen LogP contribution >= 0.6 is 50.2 Å². The van der Waals surface area contributed by atoms with Crippen LogP contribution in [0.1, 0.15) is 13.8 Å². The van der Waals surface area contributed by atoms with Crippen molar-refractivity contribution in [3.05, 3.63) is 0 Å². The minimum Gasteiger partial charge on any atom is -0.305 e. The first-order valence-corrected chi connectivity index (χ1v) is 10.6. The number of phosphoric acid groups is 1. The van der Waals surface area contributed by atoms with Gasteiger partial charge in [-0.15, -0.1) is 34.8 Å². The normalized spacial score (nSPS) is 16.2. The summed E-state index contributed by atoms with van der Waals surface area (Å²) >= 11 is 16.8. The Kier molecular flexibility index (Phi) is 9.94. The summed E-state index contributed by atoms with van der Waals surface area (Å²) < 4.78 is 39.2. The average Bonchev–Trinajstić information content (AvgIpc) is 2.38. The van der Waals surface area contributed by atoms with Crippen LogP contribution in [0.3, 0.4) is 0 Å². The van der Waals surface area contributed by atoms with Crippen LogP contribution in [0, 0.1) is 5.92 Å². The first-order valence-electron chi connectivity index (χ1n) is 5.92. The lowest BCUT2D eigenvalue weighted by atomic mass is 10.1. The second kappa shape index (κ2) is 9.43. The van der Waals surface area contributed by atoms with Crippen molar-refractivity contribution < 1.29 is 32.5 Å². The Morgan fingerprint density at radius 3 is 1.71 bits per heavy atom. The third kappa shape index (κ3) is 6.27. The van der Waals surface area contributed by atoms with Gasteiger partial charge in [0.1, 0.15) is 0 Å². The van der Waals surface area contributed by atoms with Gasteiger partial charge in [-0.3, -0.25) is 9.09 Å². The molecule has 21 heavy (non-hydrogen) atoms. The van der Waals surface area contributed by atoms with Crippen LogP contribution in [-0.4, -0.2) is 46.0 Å².